The van der Waals surface area contributed by atoms with E-state index in [1.165, 1.54) is 30.3 Å². The van der Waals surface area contributed by atoms with Gasteiger partial charge in [-0.1, -0.05) is 15.9 Å². The van der Waals surface area contributed by atoms with Gasteiger partial charge in [-0.2, -0.15) is 8.42 Å². The number of hydrogen-bond acceptors (Lipinski definition) is 5. The van der Waals surface area contributed by atoms with E-state index in [2.05, 4.69) is 15.9 Å². The summed E-state index contributed by atoms with van der Waals surface area (Å²) in [5.41, 5.74) is 11.8. The van der Waals surface area contributed by atoms with Gasteiger partial charge in [-0.25, -0.2) is 0 Å². The van der Waals surface area contributed by atoms with Crippen LogP contribution in [0.5, 0.6) is 5.75 Å². The molecule has 0 spiro atoms. The van der Waals surface area contributed by atoms with Crippen LogP contribution in [0.25, 0.3) is 0 Å². The van der Waals surface area contributed by atoms with Crippen LogP contribution in [-0.4, -0.2) is 8.42 Å². The van der Waals surface area contributed by atoms with Crippen molar-refractivity contribution in [1.82, 2.24) is 0 Å². The number of nitrogen functional groups attached to an aromatic ring is 2. The van der Waals surface area contributed by atoms with Gasteiger partial charge in [0.15, 0.2) is 0 Å². The fraction of sp³-hybridized carbons (Fsp3) is 0. The normalized spacial score (nSPS) is 11.2. The lowest BCUT2D eigenvalue weighted by atomic mass is 10.3. The molecule has 0 aliphatic rings. The molecule has 2 rings (SSSR count). The van der Waals surface area contributed by atoms with E-state index in [1.54, 1.807) is 12.1 Å². The molecular weight excluding hydrogens is 332 g/mol. The highest BCUT2D eigenvalue weighted by molar-refractivity contribution is 9.10. The molecule has 5 nitrogen and oxygen atoms in total. The Labute approximate surface area is 119 Å². The second kappa shape index (κ2) is 5.10. The lowest BCUT2D eigenvalue weighted by Crippen LogP contribution is -2.10. The zero-order valence-corrected chi connectivity index (χ0v) is 12.1. The number of halogens is 1. The predicted molar refractivity (Wildman–Crippen MR) is 77.2 cm³/mol. The van der Waals surface area contributed by atoms with Crippen molar-refractivity contribution in [1.29, 1.82) is 0 Å². The van der Waals surface area contributed by atoms with Crippen molar-refractivity contribution in [2.24, 2.45) is 0 Å². The molecule has 0 bridgehead atoms. The number of anilines is 2. The molecule has 0 aromatic heterocycles. The van der Waals surface area contributed by atoms with Crippen LogP contribution in [0.4, 0.5) is 11.4 Å². The highest BCUT2D eigenvalue weighted by Gasteiger charge is 2.16. The molecule has 19 heavy (non-hydrogen) atoms. The summed E-state index contributed by atoms with van der Waals surface area (Å²) in [4.78, 5) is 0.0612. The molecule has 0 aliphatic heterocycles. The minimum atomic E-state index is -3.88. The van der Waals surface area contributed by atoms with Gasteiger partial charge in [-0.15, -0.1) is 0 Å². The van der Waals surface area contributed by atoms with Crippen LogP contribution < -0.4 is 15.7 Å². The topological polar surface area (TPSA) is 95.4 Å². The molecule has 4 N–H and O–H groups in total. The zero-order valence-electron chi connectivity index (χ0n) is 9.71. The highest BCUT2D eigenvalue weighted by atomic mass is 79.9. The van der Waals surface area contributed by atoms with E-state index >= 15 is 0 Å². The van der Waals surface area contributed by atoms with Crippen molar-refractivity contribution in [3.8, 4) is 5.75 Å². The molecule has 0 amide bonds. The molecule has 0 aliphatic carbocycles. The molecule has 2 aromatic rings. The summed E-state index contributed by atoms with van der Waals surface area (Å²) in [7, 11) is -3.88. The van der Waals surface area contributed by atoms with Gasteiger partial charge in [0.2, 0.25) is 0 Å². The maximum atomic E-state index is 12.0. The molecule has 0 saturated heterocycles. The third-order valence-electron chi connectivity index (χ3n) is 2.37. The van der Waals surface area contributed by atoms with Crippen LogP contribution in [0.15, 0.2) is 51.8 Å². The average molecular weight is 343 g/mol. The first-order valence-corrected chi connectivity index (χ1v) is 7.44. The second-order valence-corrected chi connectivity index (χ2v) is 6.24. The van der Waals surface area contributed by atoms with Gasteiger partial charge in [-0.3, -0.25) is 0 Å². The molecule has 0 unspecified atom stereocenters. The molecule has 0 radical (unpaired) electrons. The fourth-order valence-corrected chi connectivity index (χ4v) is 2.57. The third-order valence-corrected chi connectivity index (χ3v) is 4.16. The van der Waals surface area contributed by atoms with E-state index in [0.29, 0.717) is 5.69 Å². The van der Waals surface area contributed by atoms with Crippen LogP contribution in [0.1, 0.15) is 0 Å². The molecule has 100 valence electrons. The van der Waals surface area contributed by atoms with Crippen molar-refractivity contribution in [2.45, 2.75) is 4.90 Å². The number of hydrogen-bond donors (Lipinski definition) is 2. The van der Waals surface area contributed by atoms with Crippen LogP contribution in [0.2, 0.25) is 0 Å². The maximum absolute atomic E-state index is 12.0. The van der Waals surface area contributed by atoms with Gasteiger partial charge < -0.3 is 15.7 Å². The first-order chi connectivity index (χ1) is 8.88. The minimum Gasteiger partial charge on any atom is -0.397 e. The van der Waals surface area contributed by atoms with E-state index in [1.807, 2.05) is 0 Å². The van der Waals surface area contributed by atoms with Gasteiger partial charge in [0.25, 0.3) is 0 Å². The molecule has 0 heterocycles. The van der Waals surface area contributed by atoms with Crippen LogP contribution >= 0.6 is 15.9 Å². The highest BCUT2D eigenvalue weighted by Crippen LogP contribution is 2.25. The Kier molecular flexibility index (Phi) is 3.68. The molecular formula is C12H11BrN2O3S. The second-order valence-electron chi connectivity index (χ2n) is 3.78. The monoisotopic (exact) mass is 342 g/mol. The standard InChI is InChI=1S/C12H11BrN2O3S/c13-8-1-4-10(5-2-8)19(16,17)18-9-3-6-11(14)12(15)7-9/h1-7H,14-15H2. The smallest absolute Gasteiger partial charge is 0.339 e. The summed E-state index contributed by atoms with van der Waals surface area (Å²) in [6.45, 7) is 0. The lowest BCUT2D eigenvalue weighted by Gasteiger charge is -2.08. The summed E-state index contributed by atoms with van der Waals surface area (Å²) in [5.74, 6) is 0.120. The van der Waals surface area contributed by atoms with Crippen LogP contribution in [0.3, 0.4) is 0 Å². The zero-order chi connectivity index (χ0) is 14.0. The van der Waals surface area contributed by atoms with Crippen molar-refractivity contribution < 1.29 is 12.6 Å². The van der Waals surface area contributed by atoms with Gasteiger partial charge in [0.05, 0.1) is 11.4 Å². The SMILES string of the molecule is Nc1ccc(OS(=O)(=O)c2ccc(Br)cc2)cc1N. The summed E-state index contributed by atoms with van der Waals surface area (Å²) in [6.07, 6.45) is 0. The van der Waals surface area contributed by atoms with Crippen molar-refractivity contribution >= 4 is 37.4 Å². The summed E-state index contributed by atoms with van der Waals surface area (Å²) < 4.78 is 29.8. The molecule has 0 fully saturated rings. The average Bonchev–Trinajstić information content (AvgIpc) is 2.34. The van der Waals surface area contributed by atoms with Crippen molar-refractivity contribution in [3.63, 3.8) is 0 Å². The van der Waals surface area contributed by atoms with E-state index in [0.717, 1.165) is 4.47 Å². The largest absolute Gasteiger partial charge is 0.397 e. The Morgan fingerprint density at radius 2 is 1.58 bits per heavy atom. The Bertz CT molecular complexity index is 699. The van der Waals surface area contributed by atoms with Gasteiger partial charge >= 0.3 is 10.1 Å². The first-order valence-electron chi connectivity index (χ1n) is 5.23. The number of nitrogens with two attached hydrogens (primary N) is 2. The number of rotatable bonds is 3. The first kappa shape index (κ1) is 13.7. The molecule has 2 aromatic carbocycles. The Hall–Kier alpha value is -1.73. The molecule has 0 saturated carbocycles. The van der Waals surface area contributed by atoms with Gasteiger partial charge in [0.1, 0.15) is 10.6 Å². The van der Waals surface area contributed by atoms with Gasteiger partial charge in [0, 0.05) is 10.5 Å². The summed E-state index contributed by atoms with van der Waals surface area (Å²) >= 11 is 3.23. The maximum Gasteiger partial charge on any atom is 0.339 e. The molecule has 7 heteroatoms. The van der Waals surface area contributed by atoms with Gasteiger partial charge in [-0.05, 0) is 36.4 Å². The van der Waals surface area contributed by atoms with Crippen molar-refractivity contribution in [2.75, 3.05) is 11.5 Å². The predicted octanol–water partition coefficient (Wildman–Crippen LogP) is 2.38. The quantitative estimate of drug-likeness (QED) is 0.659. The third kappa shape index (κ3) is 3.18. The Morgan fingerprint density at radius 3 is 2.16 bits per heavy atom. The lowest BCUT2D eigenvalue weighted by molar-refractivity contribution is 0.486. The number of benzene rings is 2. The molecule has 0 atom stereocenters. The van der Waals surface area contributed by atoms with Crippen LogP contribution in [0, 0.1) is 0 Å². The minimum absolute atomic E-state index is 0.0612. The van der Waals surface area contributed by atoms with E-state index < -0.39 is 10.1 Å². The van der Waals surface area contributed by atoms with E-state index in [-0.39, 0.29) is 16.3 Å². The fourth-order valence-electron chi connectivity index (χ4n) is 1.38. The van der Waals surface area contributed by atoms with E-state index in [9.17, 15) is 8.42 Å². The van der Waals surface area contributed by atoms with Crippen molar-refractivity contribution in [3.05, 3.63) is 46.9 Å². The Balaban J connectivity index is 2.30. The van der Waals surface area contributed by atoms with Crippen LogP contribution in [-0.2, 0) is 10.1 Å². The Morgan fingerprint density at radius 1 is 0.947 bits per heavy atom. The van der Waals surface area contributed by atoms with E-state index in [4.69, 9.17) is 15.7 Å². The summed E-state index contributed by atoms with van der Waals surface area (Å²) in [5, 5.41) is 0. The summed E-state index contributed by atoms with van der Waals surface area (Å²) in [6, 6.07) is 10.4.